The van der Waals surface area contributed by atoms with E-state index in [9.17, 15) is 4.79 Å². The summed E-state index contributed by atoms with van der Waals surface area (Å²) in [7, 11) is 0. The number of hydrogen-bond donors (Lipinski definition) is 1. The highest BCUT2D eigenvalue weighted by Crippen LogP contribution is 2.25. The minimum absolute atomic E-state index is 0.215. The third kappa shape index (κ3) is 3.06. The van der Waals surface area contributed by atoms with Crippen molar-refractivity contribution in [2.24, 2.45) is 0 Å². The number of likely N-dealkylation sites (tertiary alicyclic amines) is 1. The second-order valence-corrected chi connectivity index (χ2v) is 6.78. The van der Waals surface area contributed by atoms with Crippen LogP contribution in [0.4, 0.5) is 0 Å². The minimum Gasteiger partial charge on any atom is -0.361 e. The largest absolute Gasteiger partial charge is 0.361 e. The van der Waals surface area contributed by atoms with Gasteiger partial charge in [-0.2, -0.15) is 0 Å². The number of carbonyl (C=O) groups excluding carboxylic acids is 1. The number of carbonyl (C=O) groups is 1. The van der Waals surface area contributed by atoms with Gasteiger partial charge in [-0.1, -0.05) is 25.1 Å². The third-order valence-electron chi connectivity index (χ3n) is 5.22. The van der Waals surface area contributed by atoms with E-state index in [1.54, 1.807) is 0 Å². The zero-order valence-electron chi connectivity index (χ0n) is 14.6. The average Bonchev–Trinajstić information content (AvgIpc) is 3.29. The Morgan fingerprint density at radius 1 is 1.36 bits per heavy atom. The van der Waals surface area contributed by atoms with Gasteiger partial charge in [0.05, 0.1) is 12.5 Å². The van der Waals surface area contributed by atoms with Crippen molar-refractivity contribution in [3.05, 3.63) is 54.2 Å². The molecule has 5 nitrogen and oxygen atoms in total. The zero-order chi connectivity index (χ0) is 17.2. The van der Waals surface area contributed by atoms with Crippen LogP contribution in [0.1, 0.15) is 37.2 Å². The Hall–Kier alpha value is -2.56. The summed E-state index contributed by atoms with van der Waals surface area (Å²) in [5.74, 6) is 1.32. The van der Waals surface area contributed by atoms with Crippen molar-refractivity contribution in [2.75, 3.05) is 13.1 Å². The summed E-state index contributed by atoms with van der Waals surface area (Å²) < 4.78 is 2.26. The normalized spacial score (nSPS) is 18.0. The lowest BCUT2D eigenvalue weighted by atomic mass is 10.0. The molecule has 0 saturated carbocycles. The van der Waals surface area contributed by atoms with Crippen molar-refractivity contribution < 1.29 is 4.79 Å². The van der Waals surface area contributed by atoms with Gasteiger partial charge in [0.1, 0.15) is 5.82 Å². The molecule has 3 aromatic rings. The first-order valence-corrected chi connectivity index (χ1v) is 9.10. The number of aromatic nitrogens is 3. The lowest BCUT2D eigenvalue weighted by molar-refractivity contribution is -0.132. The molecular weight excluding hydrogens is 312 g/mol. The number of hydrogen-bond acceptors (Lipinski definition) is 2. The molecular formula is C20H24N4O. The van der Waals surface area contributed by atoms with Crippen LogP contribution in [0.15, 0.2) is 42.9 Å². The van der Waals surface area contributed by atoms with E-state index in [1.807, 2.05) is 35.5 Å². The minimum atomic E-state index is 0.215. The number of fused-ring (bicyclic) bond motifs is 1. The second-order valence-electron chi connectivity index (χ2n) is 6.78. The first-order valence-electron chi connectivity index (χ1n) is 9.10. The monoisotopic (exact) mass is 336 g/mol. The molecule has 1 aliphatic rings. The topological polar surface area (TPSA) is 53.9 Å². The molecule has 4 rings (SSSR count). The fourth-order valence-electron chi connectivity index (χ4n) is 3.91. The Bertz CT molecular complexity index is 879. The standard InChI is InChI=1S/C20H24N4O/c1-2-19-21-9-11-24(19)16-6-5-10-23(14-16)20(25)12-15-13-22-18-8-4-3-7-17(15)18/h3-4,7-9,11,13,16,22H,2,5-6,10,12,14H2,1H3/t16-/m1/s1. The van der Waals surface area contributed by atoms with Gasteiger partial charge in [0, 0.05) is 49.0 Å². The van der Waals surface area contributed by atoms with Crippen LogP contribution in [-0.2, 0) is 17.6 Å². The molecule has 130 valence electrons. The molecule has 25 heavy (non-hydrogen) atoms. The van der Waals surface area contributed by atoms with Crippen LogP contribution in [0, 0.1) is 0 Å². The van der Waals surface area contributed by atoms with Gasteiger partial charge < -0.3 is 14.5 Å². The van der Waals surface area contributed by atoms with Crippen molar-refractivity contribution in [3.8, 4) is 0 Å². The number of benzene rings is 1. The summed E-state index contributed by atoms with van der Waals surface area (Å²) in [5, 5.41) is 1.15. The summed E-state index contributed by atoms with van der Waals surface area (Å²) in [6.45, 7) is 3.76. The lowest BCUT2D eigenvalue weighted by Crippen LogP contribution is -2.41. The van der Waals surface area contributed by atoms with Crippen molar-refractivity contribution in [2.45, 2.75) is 38.6 Å². The molecule has 1 amide bonds. The third-order valence-corrected chi connectivity index (χ3v) is 5.22. The molecule has 0 unspecified atom stereocenters. The van der Waals surface area contributed by atoms with Gasteiger partial charge >= 0.3 is 0 Å². The average molecular weight is 336 g/mol. The van der Waals surface area contributed by atoms with Crippen LogP contribution in [0.2, 0.25) is 0 Å². The quantitative estimate of drug-likeness (QED) is 0.794. The molecule has 5 heteroatoms. The summed E-state index contributed by atoms with van der Waals surface area (Å²) in [6.07, 6.45) is 9.43. The summed E-state index contributed by atoms with van der Waals surface area (Å²) in [5.41, 5.74) is 2.17. The molecule has 0 bridgehead atoms. The van der Waals surface area contributed by atoms with Gasteiger partial charge in [0.25, 0.3) is 0 Å². The fourth-order valence-corrected chi connectivity index (χ4v) is 3.91. The van der Waals surface area contributed by atoms with Crippen LogP contribution in [0.3, 0.4) is 0 Å². The first kappa shape index (κ1) is 15.9. The van der Waals surface area contributed by atoms with Crippen molar-refractivity contribution in [1.29, 1.82) is 0 Å². The van der Waals surface area contributed by atoms with Gasteiger partial charge in [-0.15, -0.1) is 0 Å². The summed E-state index contributed by atoms with van der Waals surface area (Å²) in [6, 6.07) is 8.50. The molecule has 3 heterocycles. The highest BCUT2D eigenvalue weighted by atomic mass is 16.2. The summed E-state index contributed by atoms with van der Waals surface area (Å²) in [4.78, 5) is 22.6. The van der Waals surface area contributed by atoms with Crippen LogP contribution in [-0.4, -0.2) is 38.4 Å². The highest BCUT2D eigenvalue weighted by molar-refractivity contribution is 5.88. The van der Waals surface area contributed by atoms with E-state index in [2.05, 4.69) is 33.7 Å². The number of nitrogens with one attached hydrogen (secondary N) is 1. The molecule has 1 aromatic carbocycles. The SMILES string of the molecule is CCc1nccn1[C@@H]1CCCN(C(=O)Cc2c[nH]c3ccccc23)C1. The maximum atomic E-state index is 12.9. The molecule has 1 saturated heterocycles. The molecule has 1 aliphatic heterocycles. The molecule has 0 aliphatic carbocycles. The smallest absolute Gasteiger partial charge is 0.227 e. The number of aromatic amines is 1. The maximum Gasteiger partial charge on any atom is 0.227 e. The second kappa shape index (κ2) is 6.75. The first-order chi connectivity index (χ1) is 12.3. The van der Waals surface area contributed by atoms with E-state index in [1.165, 1.54) is 0 Å². The number of amides is 1. The maximum absolute atomic E-state index is 12.9. The molecule has 1 fully saturated rings. The van der Waals surface area contributed by atoms with Crippen molar-refractivity contribution in [1.82, 2.24) is 19.4 Å². The molecule has 2 aromatic heterocycles. The Kier molecular flexibility index (Phi) is 4.30. The Morgan fingerprint density at radius 3 is 3.12 bits per heavy atom. The van der Waals surface area contributed by atoms with Gasteiger partial charge in [-0.25, -0.2) is 4.98 Å². The molecule has 0 spiro atoms. The van der Waals surface area contributed by atoms with Gasteiger partial charge in [-0.05, 0) is 24.5 Å². The van der Waals surface area contributed by atoms with E-state index in [0.717, 1.165) is 54.6 Å². The number of para-hydroxylation sites is 1. The molecule has 0 radical (unpaired) electrons. The summed E-state index contributed by atoms with van der Waals surface area (Å²) >= 11 is 0. The lowest BCUT2D eigenvalue weighted by Gasteiger charge is -2.34. The van der Waals surface area contributed by atoms with E-state index in [0.29, 0.717) is 12.5 Å². The van der Waals surface area contributed by atoms with E-state index in [-0.39, 0.29) is 5.91 Å². The predicted octanol–water partition coefficient (Wildman–Crippen LogP) is 3.33. The highest BCUT2D eigenvalue weighted by Gasteiger charge is 2.26. The van der Waals surface area contributed by atoms with Crippen LogP contribution >= 0.6 is 0 Å². The van der Waals surface area contributed by atoms with Crippen molar-refractivity contribution >= 4 is 16.8 Å². The number of H-pyrrole nitrogens is 1. The Labute approximate surface area is 147 Å². The van der Waals surface area contributed by atoms with Gasteiger partial charge in [0.15, 0.2) is 0 Å². The number of piperidine rings is 1. The van der Waals surface area contributed by atoms with Gasteiger partial charge in [-0.3, -0.25) is 4.79 Å². The van der Waals surface area contributed by atoms with Gasteiger partial charge in [0.2, 0.25) is 5.91 Å². The van der Waals surface area contributed by atoms with Crippen LogP contribution < -0.4 is 0 Å². The van der Waals surface area contributed by atoms with Crippen LogP contribution in [0.5, 0.6) is 0 Å². The number of imidazole rings is 1. The number of aryl methyl sites for hydroxylation is 1. The van der Waals surface area contributed by atoms with Crippen molar-refractivity contribution in [3.63, 3.8) is 0 Å². The van der Waals surface area contributed by atoms with E-state index >= 15 is 0 Å². The zero-order valence-corrected chi connectivity index (χ0v) is 14.6. The van der Waals surface area contributed by atoms with Crippen LogP contribution in [0.25, 0.3) is 10.9 Å². The number of nitrogens with zero attached hydrogens (tertiary/aromatic N) is 3. The van der Waals surface area contributed by atoms with E-state index in [4.69, 9.17) is 0 Å². The Morgan fingerprint density at radius 2 is 2.24 bits per heavy atom. The fraction of sp³-hybridized carbons (Fsp3) is 0.400. The molecule has 1 N–H and O–H groups in total. The van der Waals surface area contributed by atoms with E-state index < -0.39 is 0 Å². The Balaban J connectivity index is 1.48. The number of rotatable bonds is 4. The predicted molar refractivity (Wildman–Crippen MR) is 98.5 cm³/mol. The molecule has 1 atom stereocenters.